The molecule has 78 valence electrons. The molecule has 0 saturated carbocycles. The fourth-order valence-electron chi connectivity index (χ4n) is 1.18. The van der Waals surface area contributed by atoms with E-state index in [1.807, 2.05) is 0 Å². The molecule has 0 bridgehead atoms. The second-order valence-electron chi connectivity index (χ2n) is 2.77. The first-order valence-corrected chi connectivity index (χ1v) is 5.23. The van der Waals surface area contributed by atoms with Gasteiger partial charge in [-0.05, 0) is 0 Å². The van der Waals surface area contributed by atoms with Crippen molar-refractivity contribution in [3.63, 3.8) is 0 Å². The van der Waals surface area contributed by atoms with Gasteiger partial charge >= 0.3 is 0 Å². The summed E-state index contributed by atoms with van der Waals surface area (Å²) in [6.45, 7) is 0.0824. The molecular formula is C8H10O5S. The molecule has 14 heavy (non-hydrogen) atoms. The molecule has 1 fully saturated rings. The maximum Gasteiger partial charge on any atom is 0.215 e. The lowest BCUT2D eigenvalue weighted by molar-refractivity contribution is -0.132. The van der Waals surface area contributed by atoms with Crippen LogP contribution in [0.2, 0.25) is 0 Å². The Kier molecular flexibility index (Phi) is 4.07. The molecule has 0 aromatic rings. The molecule has 0 aromatic heterocycles. The van der Waals surface area contributed by atoms with Crippen LogP contribution < -0.4 is 0 Å². The number of hydrogen-bond donors (Lipinski definition) is 1. The van der Waals surface area contributed by atoms with Crippen LogP contribution in [0.15, 0.2) is 0 Å². The summed E-state index contributed by atoms with van der Waals surface area (Å²) in [5, 5.41) is -0.778. The Hall–Kier alpha value is -0.900. The summed E-state index contributed by atoms with van der Waals surface area (Å²) in [4.78, 5) is 10.3. The van der Waals surface area contributed by atoms with E-state index in [-0.39, 0.29) is 13.0 Å². The Morgan fingerprint density at radius 1 is 1.64 bits per heavy atom. The highest BCUT2D eigenvalue weighted by Gasteiger charge is 2.33. The summed E-state index contributed by atoms with van der Waals surface area (Å²) >= 11 is 0. The third-order valence-electron chi connectivity index (χ3n) is 1.87. The van der Waals surface area contributed by atoms with Crippen molar-refractivity contribution in [2.75, 3.05) is 6.61 Å². The molecule has 0 amide bonds. The highest BCUT2D eigenvalue weighted by molar-refractivity contribution is 7.73. The lowest BCUT2D eigenvalue weighted by Crippen LogP contribution is -2.30. The minimum absolute atomic E-state index is 0.0678. The maximum atomic E-state index is 10.8. The predicted octanol–water partition coefficient (Wildman–Crippen LogP) is -1.07. The van der Waals surface area contributed by atoms with Gasteiger partial charge in [-0.15, -0.1) is 12.3 Å². The van der Waals surface area contributed by atoms with E-state index < -0.39 is 28.3 Å². The van der Waals surface area contributed by atoms with Crippen molar-refractivity contribution >= 4 is 17.0 Å². The summed E-state index contributed by atoms with van der Waals surface area (Å²) in [6, 6.07) is 0. The lowest BCUT2D eigenvalue weighted by Gasteiger charge is -2.12. The first kappa shape index (κ1) is 11.2. The van der Waals surface area contributed by atoms with Gasteiger partial charge in [0.15, 0.2) is 6.29 Å². The first-order valence-electron chi connectivity index (χ1n) is 3.98. The Morgan fingerprint density at radius 3 is 2.79 bits per heavy atom. The van der Waals surface area contributed by atoms with Gasteiger partial charge < -0.3 is 9.47 Å². The molecule has 0 radical (unpaired) electrons. The number of hydrogen-bond acceptors (Lipinski definition) is 5. The van der Waals surface area contributed by atoms with E-state index in [0.717, 1.165) is 0 Å². The third kappa shape index (κ3) is 2.54. The highest BCUT2D eigenvalue weighted by Crippen LogP contribution is 2.17. The summed E-state index contributed by atoms with van der Waals surface area (Å²) < 4.78 is 31.5. The smallest absolute Gasteiger partial charge is 0.215 e. The SMILES string of the molecule is C#CCC(C1COC(C=O)O1)[SH](=O)=O. The molecule has 5 nitrogen and oxygen atoms in total. The zero-order valence-corrected chi connectivity index (χ0v) is 8.18. The molecule has 6 heteroatoms. The molecule has 0 aromatic carbocycles. The molecule has 0 spiro atoms. The van der Waals surface area contributed by atoms with E-state index in [1.54, 1.807) is 0 Å². The van der Waals surface area contributed by atoms with E-state index in [9.17, 15) is 13.2 Å². The van der Waals surface area contributed by atoms with E-state index >= 15 is 0 Å². The predicted molar refractivity (Wildman–Crippen MR) is 48.2 cm³/mol. The van der Waals surface area contributed by atoms with Crippen molar-refractivity contribution in [3.05, 3.63) is 0 Å². The van der Waals surface area contributed by atoms with Crippen LogP contribution in [-0.2, 0) is 25.0 Å². The van der Waals surface area contributed by atoms with Gasteiger partial charge in [0.1, 0.15) is 16.8 Å². The number of terminal acetylenes is 1. The standard InChI is InChI=1S/C8H10O5S/c1-2-3-7(14(10)11)6-5-12-8(4-9)13-6/h1,4,6-8,14H,3,5H2. The van der Waals surface area contributed by atoms with Crippen molar-refractivity contribution in [2.45, 2.75) is 24.1 Å². The van der Waals surface area contributed by atoms with Crippen LogP contribution in [0.5, 0.6) is 0 Å². The number of rotatable bonds is 4. The number of carbonyl (C=O) groups excluding carboxylic acids is 1. The van der Waals surface area contributed by atoms with Crippen LogP contribution in [0.25, 0.3) is 0 Å². The largest absolute Gasteiger partial charge is 0.343 e. The van der Waals surface area contributed by atoms with Gasteiger partial charge in [-0.2, -0.15) is 0 Å². The van der Waals surface area contributed by atoms with E-state index in [1.165, 1.54) is 0 Å². The summed E-state index contributed by atoms with van der Waals surface area (Å²) in [5.74, 6) is 2.25. The molecule has 1 heterocycles. The second-order valence-corrected chi connectivity index (χ2v) is 4.01. The van der Waals surface area contributed by atoms with E-state index in [0.29, 0.717) is 6.29 Å². The molecule has 1 saturated heterocycles. The molecule has 3 atom stereocenters. The summed E-state index contributed by atoms with van der Waals surface area (Å²) in [7, 11) is -2.67. The Bertz CT molecular complexity index is 308. The van der Waals surface area contributed by atoms with Crippen molar-refractivity contribution in [1.29, 1.82) is 0 Å². The van der Waals surface area contributed by atoms with Gasteiger partial charge in [0.2, 0.25) is 6.29 Å². The monoisotopic (exact) mass is 218 g/mol. The topological polar surface area (TPSA) is 69.7 Å². The van der Waals surface area contributed by atoms with Gasteiger partial charge in [0.25, 0.3) is 0 Å². The highest BCUT2D eigenvalue weighted by atomic mass is 32.2. The zero-order chi connectivity index (χ0) is 10.6. The summed E-state index contributed by atoms with van der Waals surface area (Å²) in [6.07, 6.45) is 3.96. The summed E-state index contributed by atoms with van der Waals surface area (Å²) in [5.41, 5.74) is 0. The minimum Gasteiger partial charge on any atom is -0.343 e. The molecule has 0 aliphatic carbocycles. The fraction of sp³-hybridized carbons (Fsp3) is 0.625. The number of aldehydes is 1. The Labute approximate surface area is 83.3 Å². The number of ether oxygens (including phenoxy) is 2. The minimum atomic E-state index is -2.67. The van der Waals surface area contributed by atoms with Crippen LogP contribution in [0.4, 0.5) is 0 Å². The van der Waals surface area contributed by atoms with Crippen LogP contribution in [0.1, 0.15) is 6.42 Å². The molecule has 1 rings (SSSR count). The average molecular weight is 218 g/mol. The average Bonchev–Trinajstić information content (AvgIpc) is 2.61. The zero-order valence-electron chi connectivity index (χ0n) is 7.29. The second kappa shape index (κ2) is 5.10. The lowest BCUT2D eigenvalue weighted by atomic mass is 10.2. The molecule has 0 N–H and O–H groups in total. The van der Waals surface area contributed by atoms with Gasteiger partial charge in [-0.3, -0.25) is 4.79 Å². The van der Waals surface area contributed by atoms with Crippen molar-refractivity contribution < 1.29 is 22.7 Å². The Balaban J connectivity index is 2.63. The quantitative estimate of drug-likeness (QED) is 0.369. The van der Waals surface area contributed by atoms with E-state index in [2.05, 4.69) is 5.92 Å². The third-order valence-corrected chi connectivity index (χ3v) is 2.93. The van der Waals surface area contributed by atoms with Gasteiger partial charge in [-0.1, -0.05) is 0 Å². The fourth-order valence-corrected chi connectivity index (χ4v) is 1.86. The maximum absolute atomic E-state index is 10.8. The van der Waals surface area contributed by atoms with Crippen molar-refractivity contribution in [1.82, 2.24) is 0 Å². The van der Waals surface area contributed by atoms with Crippen LogP contribution in [0.3, 0.4) is 0 Å². The Morgan fingerprint density at radius 2 is 2.36 bits per heavy atom. The van der Waals surface area contributed by atoms with Gasteiger partial charge in [-0.25, -0.2) is 8.42 Å². The first-order chi connectivity index (χ1) is 6.69. The normalized spacial score (nSPS) is 28.6. The van der Waals surface area contributed by atoms with Crippen molar-refractivity contribution in [2.24, 2.45) is 0 Å². The molecular weight excluding hydrogens is 208 g/mol. The molecule has 3 unspecified atom stereocenters. The van der Waals surface area contributed by atoms with Gasteiger partial charge in [0, 0.05) is 6.42 Å². The van der Waals surface area contributed by atoms with Crippen LogP contribution >= 0.6 is 0 Å². The van der Waals surface area contributed by atoms with E-state index in [4.69, 9.17) is 15.9 Å². The number of carbonyl (C=O) groups is 1. The van der Waals surface area contributed by atoms with Crippen molar-refractivity contribution in [3.8, 4) is 12.3 Å². The van der Waals surface area contributed by atoms with Crippen LogP contribution in [0, 0.1) is 12.3 Å². The van der Waals surface area contributed by atoms with Crippen LogP contribution in [-0.4, -0.2) is 39.0 Å². The molecule has 1 aliphatic heterocycles. The van der Waals surface area contributed by atoms with Gasteiger partial charge in [0.05, 0.1) is 11.9 Å². The number of thiol groups is 1. The molecule has 1 aliphatic rings.